The lowest BCUT2D eigenvalue weighted by Crippen LogP contribution is -2.12. The summed E-state index contributed by atoms with van der Waals surface area (Å²) in [5.74, 6) is -0.0392. The molecular formula is C10H17N3O2S. The Morgan fingerprint density at radius 3 is 3.06 bits per heavy atom. The minimum absolute atomic E-state index is 0.0392. The maximum atomic E-state index is 11.4. The normalized spacial score (nSPS) is 12.4. The van der Waals surface area contributed by atoms with Gasteiger partial charge in [0.15, 0.2) is 5.13 Å². The zero-order valence-corrected chi connectivity index (χ0v) is 10.3. The van der Waals surface area contributed by atoms with Gasteiger partial charge in [-0.15, -0.1) is 11.3 Å². The number of hydrogen-bond acceptors (Lipinski definition) is 5. The average molecular weight is 243 g/mol. The summed E-state index contributed by atoms with van der Waals surface area (Å²) in [7, 11) is 1.62. The van der Waals surface area contributed by atoms with Gasteiger partial charge >= 0.3 is 0 Å². The summed E-state index contributed by atoms with van der Waals surface area (Å²) in [6, 6.07) is -0.101. The molecule has 90 valence electrons. The Labute approximate surface area is 99.0 Å². The molecule has 16 heavy (non-hydrogen) atoms. The third-order valence-electron chi connectivity index (χ3n) is 1.99. The van der Waals surface area contributed by atoms with Gasteiger partial charge in [0.25, 0.3) is 0 Å². The molecular weight excluding hydrogens is 226 g/mol. The number of methoxy groups -OCH3 is 1. The van der Waals surface area contributed by atoms with Gasteiger partial charge in [0.1, 0.15) is 0 Å². The first-order chi connectivity index (χ1) is 7.63. The molecule has 0 aromatic carbocycles. The maximum Gasteiger partial charge on any atom is 0.226 e. The van der Waals surface area contributed by atoms with E-state index >= 15 is 0 Å². The van der Waals surface area contributed by atoms with E-state index in [1.165, 1.54) is 11.3 Å². The van der Waals surface area contributed by atoms with Crippen molar-refractivity contribution in [3.05, 3.63) is 11.1 Å². The number of carbonyl (C=O) groups is 1. The number of nitrogens with zero attached hydrogens (tertiary/aromatic N) is 1. The van der Waals surface area contributed by atoms with E-state index in [9.17, 15) is 4.79 Å². The van der Waals surface area contributed by atoms with Crippen LogP contribution in [0.5, 0.6) is 0 Å². The van der Waals surface area contributed by atoms with Gasteiger partial charge in [0, 0.05) is 31.6 Å². The highest BCUT2D eigenvalue weighted by Crippen LogP contribution is 2.19. The molecule has 0 aliphatic rings. The van der Waals surface area contributed by atoms with E-state index in [-0.39, 0.29) is 11.9 Å². The monoisotopic (exact) mass is 243 g/mol. The number of rotatable bonds is 6. The molecule has 0 aliphatic heterocycles. The smallest absolute Gasteiger partial charge is 0.226 e. The molecule has 1 unspecified atom stereocenters. The molecule has 1 amide bonds. The number of aromatic nitrogens is 1. The molecule has 1 aromatic rings. The molecule has 0 saturated carbocycles. The first-order valence-corrected chi connectivity index (χ1v) is 6.01. The highest BCUT2D eigenvalue weighted by atomic mass is 32.1. The van der Waals surface area contributed by atoms with E-state index in [1.807, 2.05) is 12.3 Å². The van der Waals surface area contributed by atoms with Crippen LogP contribution in [0.2, 0.25) is 0 Å². The van der Waals surface area contributed by atoms with Crippen LogP contribution < -0.4 is 11.1 Å². The Balaban J connectivity index is 2.37. The van der Waals surface area contributed by atoms with Crippen LogP contribution >= 0.6 is 11.3 Å². The predicted molar refractivity (Wildman–Crippen MR) is 64.5 cm³/mol. The standard InChI is InChI=1S/C10H17N3O2S/c1-7(11)8-6-16-10(12-8)13-9(14)4-3-5-15-2/h6-7H,3-5,11H2,1-2H3,(H,12,13,14). The average Bonchev–Trinajstić information content (AvgIpc) is 2.66. The van der Waals surface area contributed by atoms with Gasteiger partial charge in [-0.2, -0.15) is 0 Å². The van der Waals surface area contributed by atoms with E-state index in [4.69, 9.17) is 10.5 Å². The number of amides is 1. The molecule has 0 fully saturated rings. The number of hydrogen-bond donors (Lipinski definition) is 2. The Morgan fingerprint density at radius 2 is 2.50 bits per heavy atom. The fourth-order valence-electron chi connectivity index (χ4n) is 1.11. The van der Waals surface area contributed by atoms with Gasteiger partial charge in [-0.1, -0.05) is 0 Å². The van der Waals surface area contributed by atoms with Crippen molar-refractivity contribution in [1.29, 1.82) is 0 Å². The number of nitrogens with one attached hydrogen (secondary N) is 1. The first kappa shape index (κ1) is 13.1. The second-order valence-electron chi connectivity index (χ2n) is 3.51. The summed E-state index contributed by atoms with van der Waals surface area (Å²) in [6.07, 6.45) is 1.16. The van der Waals surface area contributed by atoms with Crippen molar-refractivity contribution in [1.82, 2.24) is 4.98 Å². The summed E-state index contributed by atoms with van der Waals surface area (Å²) in [6.45, 7) is 2.45. The molecule has 1 atom stereocenters. The van der Waals surface area contributed by atoms with Crippen LogP contribution in [0, 0.1) is 0 Å². The van der Waals surface area contributed by atoms with Crippen molar-refractivity contribution >= 4 is 22.4 Å². The lowest BCUT2D eigenvalue weighted by atomic mass is 10.3. The minimum Gasteiger partial charge on any atom is -0.385 e. The molecule has 5 nitrogen and oxygen atoms in total. The summed E-state index contributed by atoms with van der Waals surface area (Å²) in [4.78, 5) is 15.6. The summed E-state index contributed by atoms with van der Waals surface area (Å²) < 4.78 is 4.87. The Morgan fingerprint density at radius 1 is 1.75 bits per heavy atom. The zero-order chi connectivity index (χ0) is 12.0. The second-order valence-corrected chi connectivity index (χ2v) is 4.37. The molecule has 0 saturated heterocycles. The topological polar surface area (TPSA) is 77.2 Å². The Hall–Kier alpha value is -0.980. The van der Waals surface area contributed by atoms with Crippen molar-refractivity contribution in [3.8, 4) is 0 Å². The fourth-order valence-corrected chi connectivity index (χ4v) is 1.94. The van der Waals surface area contributed by atoms with Crippen LogP contribution in [-0.2, 0) is 9.53 Å². The second kappa shape index (κ2) is 6.57. The molecule has 3 N–H and O–H groups in total. The van der Waals surface area contributed by atoms with Crippen LogP contribution in [0.3, 0.4) is 0 Å². The highest BCUT2D eigenvalue weighted by Gasteiger charge is 2.08. The maximum absolute atomic E-state index is 11.4. The SMILES string of the molecule is COCCCC(=O)Nc1nc(C(C)N)cs1. The van der Waals surface area contributed by atoms with E-state index in [0.717, 1.165) is 5.69 Å². The van der Waals surface area contributed by atoms with Crippen molar-refractivity contribution in [3.63, 3.8) is 0 Å². The third-order valence-corrected chi connectivity index (χ3v) is 2.76. The summed E-state index contributed by atoms with van der Waals surface area (Å²) in [5.41, 5.74) is 6.47. The number of thiazole rings is 1. The van der Waals surface area contributed by atoms with Crippen LogP contribution in [0.1, 0.15) is 31.5 Å². The first-order valence-electron chi connectivity index (χ1n) is 5.13. The van der Waals surface area contributed by atoms with E-state index in [2.05, 4.69) is 10.3 Å². The van der Waals surface area contributed by atoms with Gasteiger partial charge in [-0.25, -0.2) is 4.98 Å². The van der Waals surface area contributed by atoms with Crippen LogP contribution in [0.4, 0.5) is 5.13 Å². The van der Waals surface area contributed by atoms with Gasteiger partial charge < -0.3 is 15.8 Å². The summed E-state index contributed by atoms with van der Waals surface area (Å²) >= 11 is 1.39. The lowest BCUT2D eigenvalue weighted by Gasteiger charge is -2.01. The number of ether oxygens (including phenoxy) is 1. The number of anilines is 1. The van der Waals surface area contributed by atoms with Crippen LogP contribution in [0.15, 0.2) is 5.38 Å². The predicted octanol–water partition coefficient (Wildman–Crippen LogP) is 1.53. The molecule has 1 heterocycles. The molecule has 1 aromatic heterocycles. The van der Waals surface area contributed by atoms with Gasteiger partial charge in [0.2, 0.25) is 5.91 Å². The van der Waals surface area contributed by atoms with Gasteiger partial charge in [-0.3, -0.25) is 4.79 Å². The summed E-state index contributed by atoms with van der Waals surface area (Å²) in [5, 5.41) is 5.20. The largest absolute Gasteiger partial charge is 0.385 e. The van der Waals surface area contributed by atoms with E-state index in [0.29, 0.717) is 24.6 Å². The van der Waals surface area contributed by atoms with Crippen molar-refractivity contribution < 1.29 is 9.53 Å². The molecule has 1 rings (SSSR count). The highest BCUT2D eigenvalue weighted by molar-refractivity contribution is 7.13. The molecule has 0 bridgehead atoms. The van der Waals surface area contributed by atoms with Crippen LogP contribution in [0.25, 0.3) is 0 Å². The van der Waals surface area contributed by atoms with Gasteiger partial charge in [0.05, 0.1) is 5.69 Å². The Kier molecular flexibility index (Phi) is 5.37. The third kappa shape index (κ3) is 4.26. The quantitative estimate of drug-likeness (QED) is 0.743. The lowest BCUT2D eigenvalue weighted by molar-refractivity contribution is -0.116. The van der Waals surface area contributed by atoms with Crippen molar-refractivity contribution in [2.75, 3.05) is 19.0 Å². The molecule has 0 spiro atoms. The van der Waals surface area contributed by atoms with Gasteiger partial charge in [-0.05, 0) is 13.3 Å². The van der Waals surface area contributed by atoms with Crippen molar-refractivity contribution in [2.45, 2.75) is 25.8 Å². The fraction of sp³-hybridized carbons (Fsp3) is 0.600. The minimum atomic E-state index is -0.101. The zero-order valence-electron chi connectivity index (χ0n) is 9.53. The van der Waals surface area contributed by atoms with E-state index < -0.39 is 0 Å². The number of nitrogens with two attached hydrogens (primary N) is 1. The van der Waals surface area contributed by atoms with Crippen LogP contribution in [-0.4, -0.2) is 24.6 Å². The van der Waals surface area contributed by atoms with E-state index in [1.54, 1.807) is 7.11 Å². The number of carbonyl (C=O) groups excluding carboxylic acids is 1. The molecule has 0 radical (unpaired) electrons. The molecule has 6 heteroatoms. The van der Waals surface area contributed by atoms with Crippen molar-refractivity contribution in [2.24, 2.45) is 5.73 Å². The Bertz CT molecular complexity index is 339. The molecule has 0 aliphatic carbocycles.